The van der Waals surface area contributed by atoms with E-state index in [1.165, 1.54) is 11.3 Å². The number of thiophene rings is 1. The summed E-state index contributed by atoms with van der Waals surface area (Å²) in [6.45, 7) is 5.51. The fraction of sp³-hybridized carbons (Fsp3) is 0.182. The van der Waals surface area contributed by atoms with Gasteiger partial charge in [0, 0.05) is 12.0 Å². The number of benzene rings is 2. The van der Waals surface area contributed by atoms with Crippen molar-refractivity contribution in [2.75, 3.05) is 0 Å². The van der Waals surface area contributed by atoms with Gasteiger partial charge in [-0.1, -0.05) is 18.2 Å². The van der Waals surface area contributed by atoms with Crippen molar-refractivity contribution in [3.63, 3.8) is 0 Å². The van der Waals surface area contributed by atoms with Gasteiger partial charge in [-0.05, 0) is 61.0 Å². The Hall–Kier alpha value is -3.12. The van der Waals surface area contributed by atoms with Gasteiger partial charge in [-0.2, -0.15) is 0 Å². The molecule has 0 spiro atoms. The Bertz CT molecular complexity index is 1140. The minimum absolute atomic E-state index is 0.222. The van der Waals surface area contributed by atoms with Gasteiger partial charge in [-0.3, -0.25) is 0 Å². The van der Waals surface area contributed by atoms with Gasteiger partial charge < -0.3 is 14.8 Å². The first-order valence-electron chi connectivity index (χ1n) is 8.96. The van der Waals surface area contributed by atoms with E-state index in [0.717, 1.165) is 28.0 Å². The second kappa shape index (κ2) is 7.13. The number of para-hydroxylation sites is 2. The summed E-state index contributed by atoms with van der Waals surface area (Å²) < 4.78 is 5.80. The minimum atomic E-state index is -0.395. The van der Waals surface area contributed by atoms with Gasteiger partial charge in [0.1, 0.15) is 22.2 Å². The lowest BCUT2D eigenvalue weighted by Gasteiger charge is -2.18. The number of nitrogens with zero attached hydrogens (tertiary/aromatic N) is 1. The average molecular weight is 392 g/mol. The molecule has 0 saturated carbocycles. The summed E-state index contributed by atoms with van der Waals surface area (Å²) in [5.74, 6) is 1.07. The molecule has 0 unspecified atom stereocenters. The third kappa shape index (κ3) is 3.16. The van der Waals surface area contributed by atoms with Crippen molar-refractivity contribution in [1.29, 1.82) is 0 Å². The smallest absolute Gasteiger partial charge is 0.353 e. The van der Waals surface area contributed by atoms with Gasteiger partial charge in [0.15, 0.2) is 0 Å². The number of phenols is 1. The summed E-state index contributed by atoms with van der Waals surface area (Å²) in [7, 11) is 0. The first-order valence-corrected chi connectivity index (χ1v) is 9.84. The quantitative estimate of drug-likeness (QED) is 0.376. The molecule has 0 amide bonds. The number of imidazole rings is 1. The van der Waals surface area contributed by atoms with E-state index in [1.807, 2.05) is 56.5 Å². The van der Waals surface area contributed by atoms with Crippen LogP contribution in [-0.2, 0) is 6.42 Å². The van der Waals surface area contributed by atoms with E-state index in [-0.39, 0.29) is 5.75 Å². The Morgan fingerprint density at radius 3 is 2.61 bits per heavy atom. The Labute approximate surface area is 166 Å². The van der Waals surface area contributed by atoms with Crippen molar-refractivity contribution in [3.05, 3.63) is 74.7 Å². The predicted octanol–water partition coefficient (Wildman–Crippen LogP) is 5.07. The number of ether oxygens (including phenoxy) is 1. The molecule has 6 heteroatoms. The SMILES string of the molecule is Cc1c(C)c(OC(=O)c2cccs2)c(Cc2nc3ccccc3[nH]2)c(C)c1O. The van der Waals surface area contributed by atoms with Crippen molar-refractivity contribution in [2.45, 2.75) is 27.2 Å². The zero-order valence-electron chi connectivity index (χ0n) is 15.9. The zero-order chi connectivity index (χ0) is 19.8. The fourth-order valence-electron chi connectivity index (χ4n) is 3.31. The number of hydrogen-bond donors (Lipinski definition) is 2. The number of H-pyrrole nitrogens is 1. The van der Waals surface area contributed by atoms with Gasteiger partial charge in [-0.15, -0.1) is 11.3 Å². The Balaban J connectivity index is 1.79. The van der Waals surface area contributed by atoms with Crippen LogP contribution in [0.2, 0.25) is 0 Å². The Kier molecular flexibility index (Phi) is 4.65. The number of hydrogen-bond acceptors (Lipinski definition) is 5. The van der Waals surface area contributed by atoms with Crippen LogP contribution in [-0.4, -0.2) is 21.0 Å². The van der Waals surface area contributed by atoms with E-state index in [2.05, 4.69) is 9.97 Å². The number of fused-ring (bicyclic) bond motifs is 1. The standard InChI is InChI=1S/C22H20N2O3S/c1-12-13(2)21(27-22(26)18-9-6-10-28-18)15(14(3)20(12)25)11-19-23-16-7-4-5-8-17(16)24-19/h4-10,25H,11H2,1-3H3,(H,23,24). The summed E-state index contributed by atoms with van der Waals surface area (Å²) in [6, 6.07) is 11.4. The topological polar surface area (TPSA) is 75.2 Å². The minimum Gasteiger partial charge on any atom is -0.507 e. The fourth-order valence-corrected chi connectivity index (χ4v) is 3.91. The number of esters is 1. The molecule has 0 fully saturated rings. The molecule has 28 heavy (non-hydrogen) atoms. The van der Waals surface area contributed by atoms with Crippen LogP contribution < -0.4 is 4.74 Å². The molecular weight excluding hydrogens is 372 g/mol. The molecule has 4 rings (SSSR count). The molecule has 5 nitrogen and oxygen atoms in total. The van der Waals surface area contributed by atoms with Crippen molar-refractivity contribution in [3.8, 4) is 11.5 Å². The lowest BCUT2D eigenvalue weighted by atomic mass is 9.95. The Morgan fingerprint density at radius 2 is 1.89 bits per heavy atom. The Morgan fingerprint density at radius 1 is 1.11 bits per heavy atom. The van der Waals surface area contributed by atoms with Gasteiger partial charge in [0.25, 0.3) is 0 Å². The zero-order valence-corrected chi connectivity index (χ0v) is 16.7. The van der Waals surface area contributed by atoms with Crippen LogP contribution in [0.5, 0.6) is 11.5 Å². The number of aromatic nitrogens is 2. The number of aromatic hydroxyl groups is 1. The molecule has 2 aromatic heterocycles. The first kappa shape index (κ1) is 18.3. The molecule has 0 aliphatic rings. The van der Waals surface area contributed by atoms with E-state index in [4.69, 9.17) is 4.74 Å². The molecule has 0 bridgehead atoms. The largest absolute Gasteiger partial charge is 0.507 e. The average Bonchev–Trinajstić information content (AvgIpc) is 3.36. The molecule has 0 radical (unpaired) electrons. The van der Waals surface area contributed by atoms with E-state index in [9.17, 15) is 9.90 Å². The number of nitrogens with one attached hydrogen (secondary N) is 1. The molecule has 2 aromatic carbocycles. The normalized spacial score (nSPS) is 11.1. The molecule has 4 aromatic rings. The maximum Gasteiger partial charge on any atom is 0.353 e. The number of rotatable bonds is 4. The van der Waals surface area contributed by atoms with E-state index >= 15 is 0 Å². The molecule has 142 valence electrons. The van der Waals surface area contributed by atoms with Crippen LogP contribution in [0.15, 0.2) is 41.8 Å². The summed E-state index contributed by atoms with van der Waals surface area (Å²) in [4.78, 5) is 21.0. The molecule has 0 aliphatic heterocycles. The van der Waals surface area contributed by atoms with Crippen molar-refractivity contribution in [1.82, 2.24) is 9.97 Å². The molecule has 0 atom stereocenters. The van der Waals surface area contributed by atoms with Crippen molar-refractivity contribution in [2.24, 2.45) is 0 Å². The van der Waals surface area contributed by atoms with E-state index in [1.54, 1.807) is 6.07 Å². The monoisotopic (exact) mass is 392 g/mol. The first-order chi connectivity index (χ1) is 13.5. The maximum absolute atomic E-state index is 12.6. The summed E-state index contributed by atoms with van der Waals surface area (Å²) in [6.07, 6.45) is 0.419. The molecule has 0 saturated heterocycles. The summed E-state index contributed by atoms with van der Waals surface area (Å²) in [5.41, 5.74) is 4.72. The second-order valence-electron chi connectivity index (χ2n) is 6.78. The maximum atomic E-state index is 12.6. The predicted molar refractivity (Wildman–Crippen MR) is 110 cm³/mol. The highest BCUT2D eigenvalue weighted by atomic mass is 32.1. The van der Waals surface area contributed by atoms with Crippen LogP contribution in [0.4, 0.5) is 0 Å². The van der Waals surface area contributed by atoms with Crippen molar-refractivity contribution >= 4 is 28.3 Å². The van der Waals surface area contributed by atoms with Crippen molar-refractivity contribution < 1.29 is 14.6 Å². The summed E-state index contributed by atoms with van der Waals surface area (Å²) in [5, 5.41) is 12.4. The van der Waals surface area contributed by atoms with E-state index in [0.29, 0.717) is 28.2 Å². The van der Waals surface area contributed by atoms with Gasteiger partial charge in [0.05, 0.1) is 11.0 Å². The molecule has 0 aliphatic carbocycles. The molecule has 2 heterocycles. The third-order valence-corrected chi connectivity index (χ3v) is 5.89. The van der Waals surface area contributed by atoms with Gasteiger partial charge in [-0.25, -0.2) is 9.78 Å². The van der Waals surface area contributed by atoms with Gasteiger partial charge >= 0.3 is 5.97 Å². The van der Waals surface area contributed by atoms with Crippen LogP contribution in [0.25, 0.3) is 11.0 Å². The third-order valence-electron chi connectivity index (χ3n) is 5.04. The number of aromatic amines is 1. The van der Waals surface area contributed by atoms with Crippen LogP contribution in [0, 0.1) is 20.8 Å². The van der Waals surface area contributed by atoms with Crippen LogP contribution in [0.3, 0.4) is 0 Å². The van der Waals surface area contributed by atoms with E-state index < -0.39 is 5.97 Å². The highest BCUT2D eigenvalue weighted by molar-refractivity contribution is 7.12. The lowest BCUT2D eigenvalue weighted by Crippen LogP contribution is -2.11. The number of carbonyl (C=O) groups excluding carboxylic acids is 1. The number of carbonyl (C=O) groups is 1. The molecule has 2 N–H and O–H groups in total. The second-order valence-corrected chi connectivity index (χ2v) is 7.72. The van der Waals surface area contributed by atoms with Gasteiger partial charge in [0.2, 0.25) is 0 Å². The highest BCUT2D eigenvalue weighted by Gasteiger charge is 2.22. The summed E-state index contributed by atoms with van der Waals surface area (Å²) >= 11 is 1.34. The number of phenolic OH excluding ortho intramolecular Hbond substituents is 1. The van der Waals surface area contributed by atoms with Crippen LogP contribution >= 0.6 is 11.3 Å². The molecular formula is C22H20N2O3S. The lowest BCUT2D eigenvalue weighted by molar-refractivity contribution is 0.0736. The van der Waals surface area contributed by atoms with Crippen LogP contribution in [0.1, 0.15) is 37.7 Å². The highest BCUT2D eigenvalue weighted by Crippen LogP contribution is 2.38.